The van der Waals surface area contributed by atoms with Gasteiger partial charge in [0.25, 0.3) is 5.91 Å². The molecule has 2 saturated heterocycles. The molecule has 2 fully saturated rings. The number of carbonyl (C=O) groups is 2. The minimum Gasteiger partial charge on any atom is -0.341 e. The number of carbonyl (C=O) groups excluding carboxylic acids is 2. The molecule has 2 heterocycles. The van der Waals surface area contributed by atoms with E-state index < -0.39 is 5.82 Å². The van der Waals surface area contributed by atoms with E-state index in [2.05, 4.69) is 5.32 Å². The second-order valence-electron chi connectivity index (χ2n) is 6.52. The minimum atomic E-state index is -0.405. The first-order chi connectivity index (χ1) is 11.6. The molecule has 1 aromatic carbocycles. The Hall–Kier alpha value is -1.66. The molecule has 0 aliphatic carbocycles. The van der Waals surface area contributed by atoms with Gasteiger partial charge in [0.1, 0.15) is 5.82 Å². The second kappa shape index (κ2) is 9.15. The number of rotatable bonds is 2. The smallest absolute Gasteiger partial charge is 0.254 e. The summed E-state index contributed by atoms with van der Waals surface area (Å²) in [6.45, 7) is 4.07. The van der Waals surface area contributed by atoms with E-state index in [1.807, 2.05) is 4.90 Å². The molecule has 0 spiro atoms. The van der Waals surface area contributed by atoms with Crippen LogP contribution in [0.2, 0.25) is 0 Å². The molecule has 25 heavy (non-hydrogen) atoms. The van der Waals surface area contributed by atoms with Crippen molar-refractivity contribution in [2.24, 2.45) is 5.92 Å². The normalized spacial score (nSPS) is 21.2. The van der Waals surface area contributed by atoms with Crippen LogP contribution in [0.3, 0.4) is 0 Å². The van der Waals surface area contributed by atoms with Gasteiger partial charge in [0, 0.05) is 38.3 Å². The highest BCUT2D eigenvalue weighted by atomic mass is 35.5. The maximum absolute atomic E-state index is 13.3. The minimum absolute atomic E-state index is 0. The lowest BCUT2D eigenvalue weighted by Gasteiger charge is -2.29. The number of halogens is 2. The Bertz CT molecular complexity index is 608. The number of benzene rings is 1. The van der Waals surface area contributed by atoms with Crippen LogP contribution in [0.15, 0.2) is 24.3 Å². The fourth-order valence-corrected chi connectivity index (χ4v) is 3.47. The quantitative estimate of drug-likeness (QED) is 0.866. The van der Waals surface area contributed by atoms with Gasteiger partial charge in [-0.3, -0.25) is 9.59 Å². The summed E-state index contributed by atoms with van der Waals surface area (Å²) in [4.78, 5) is 28.8. The zero-order valence-electron chi connectivity index (χ0n) is 14.2. The second-order valence-corrected chi connectivity index (χ2v) is 6.52. The topological polar surface area (TPSA) is 52.7 Å². The Morgan fingerprint density at radius 3 is 2.56 bits per heavy atom. The molecule has 1 atom stereocenters. The molecule has 1 N–H and O–H groups in total. The first-order valence-corrected chi connectivity index (χ1v) is 8.69. The maximum atomic E-state index is 13.3. The molecule has 0 aromatic heterocycles. The summed E-state index contributed by atoms with van der Waals surface area (Å²) < 4.78 is 13.3. The summed E-state index contributed by atoms with van der Waals surface area (Å²) in [6.07, 6.45) is 2.73. The Balaban J connectivity index is 0.00000225. The molecular weight excluding hydrogens is 345 g/mol. The van der Waals surface area contributed by atoms with Crippen LogP contribution >= 0.6 is 12.4 Å². The Morgan fingerprint density at radius 1 is 1.08 bits per heavy atom. The van der Waals surface area contributed by atoms with Gasteiger partial charge in [-0.05, 0) is 44.0 Å². The SMILES string of the molecule is Cl.O=C(c1cccc(F)c1)N1CCCN(C(=O)C2CCCNC2)CC1. The van der Waals surface area contributed by atoms with Gasteiger partial charge in [0.2, 0.25) is 5.91 Å². The molecule has 0 radical (unpaired) electrons. The zero-order valence-corrected chi connectivity index (χ0v) is 15.1. The molecule has 2 aliphatic heterocycles. The number of piperidine rings is 1. The van der Waals surface area contributed by atoms with Gasteiger partial charge in [0.05, 0.1) is 5.92 Å². The fraction of sp³-hybridized carbons (Fsp3) is 0.556. The first kappa shape index (κ1) is 19.7. The van der Waals surface area contributed by atoms with Crippen LogP contribution in [-0.2, 0) is 4.79 Å². The van der Waals surface area contributed by atoms with Crippen molar-refractivity contribution in [3.8, 4) is 0 Å². The van der Waals surface area contributed by atoms with E-state index in [-0.39, 0.29) is 30.1 Å². The molecule has 2 aliphatic rings. The highest BCUT2D eigenvalue weighted by molar-refractivity contribution is 5.94. The third kappa shape index (κ3) is 4.92. The summed E-state index contributed by atoms with van der Waals surface area (Å²) >= 11 is 0. The van der Waals surface area contributed by atoms with Crippen molar-refractivity contribution in [1.82, 2.24) is 15.1 Å². The number of nitrogens with one attached hydrogen (secondary N) is 1. The summed E-state index contributed by atoms with van der Waals surface area (Å²) in [7, 11) is 0. The molecular formula is C18H25ClFN3O2. The average Bonchev–Trinajstić information content (AvgIpc) is 2.87. The molecule has 5 nitrogen and oxygen atoms in total. The number of hydrogen-bond donors (Lipinski definition) is 1. The summed E-state index contributed by atoms with van der Waals surface area (Å²) in [6, 6.07) is 5.78. The fourth-order valence-electron chi connectivity index (χ4n) is 3.47. The van der Waals surface area contributed by atoms with Gasteiger partial charge in [0.15, 0.2) is 0 Å². The van der Waals surface area contributed by atoms with Gasteiger partial charge in [-0.15, -0.1) is 12.4 Å². The zero-order chi connectivity index (χ0) is 16.9. The standard InChI is InChI=1S/C18H24FN3O2.ClH/c19-16-6-1-4-14(12-16)17(23)21-8-3-9-22(11-10-21)18(24)15-5-2-7-20-13-15;/h1,4,6,12,15,20H,2-3,5,7-11,13H2;1H. The van der Waals surface area contributed by atoms with Gasteiger partial charge < -0.3 is 15.1 Å². The lowest BCUT2D eigenvalue weighted by atomic mass is 9.98. The molecule has 0 saturated carbocycles. The lowest BCUT2D eigenvalue weighted by Crippen LogP contribution is -2.44. The van der Waals surface area contributed by atoms with Crippen LogP contribution in [0.25, 0.3) is 0 Å². The van der Waals surface area contributed by atoms with E-state index >= 15 is 0 Å². The van der Waals surface area contributed by atoms with E-state index in [9.17, 15) is 14.0 Å². The average molecular weight is 370 g/mol. The van der Waals surface area contributed by atoms with Crippen LogP contribution in [0.1, 0.15) is 29.6 Å². The largest absolute Gasteiger partial charge is 0.341 e. The van der Waals surface area contributed by atoms with Gasteiger partial charge in [-0.2, -0.15) is 0 Å². The van der Waals surface area contributed by atoms with E-state index in [4.69, 9.17) is 0 Å². The van der Waals surface area contributed by atoms with Gasteiger partial charge in [-0.1, -0.05) is 6.07 Å². The third-order valence-corrected chi connectivity index (χ3v) is 4.81. The predicted octanol–water partition coefficient (Wildman–Crippen LogP) is 1.92. The van der Waals surface area contributed by atoms with Crippen molar-refractivity contribution in [1.29, 1.82) is 0 Å². The molecule has 1 unspecified atom stereocenters. The highest BCUT2D eigenvalue weighted by Crippen LogP contribution is 2.16. The molecule has 7 heteroatoms. The summed E-state index contributed by atoms with van der Waals surface area (Å²) in [5, 5.41) is 3.28. The van der Waals surface area contributed by atoms with Crippen LogP contribution in [0.5, 0.6) is 0 Å². The molecule has 1 aromatic rings. The van der Waals surface area contributed by atoms with Crippen molar-refractivity contribution in [3.05, 3.63) is 35.6 Å². The van der Waals surface area contributed by atoms with E-state index in [1.54, 1.807) is 17.0 Å². The van der Waals surface area contributed by atoms with Crippen molar-refractivity contribution < 1.29 is 14.0 Å². The lowest BCUT2D eigenvalue weighted by molar-refractivity contribution is -0.135. The number of amides is 2. The monoisotopic (exact) mass is 369 g/mol. The van der Waals surface area contributed by atoms with E-state index in [0.717, 1.165) is 32.4 Å². The summed E-state index contributed by atoms with van der Waals surface area (Å²) in [5.41, 5.74) is 0.367. The molecule has 3 rings (SSSR count). The van der Waals surface area contributed by atoms with Crippen LogP contribution in [0, 0.1) is 11.7 Å². The molecule has 138 valence electrons. The first-order valence-electron chi connectivity index (χ1n) is 8.69. The van der Waals surface area contributed by atoms with Crippen molar-refractivity contribution in [3.63, 3.8) is 0 Å². The Morgan fingerprint density at radius 2 is 1.84 bits per heavy atom. The highest BCUT2D eigenvalue weighted by Gasteiger charge is 2.28. The molecule has 0 bridgehead atoms. The van der Waals surface area contributed by atoms with Gasteiger partial charge >= 0.3 is 0 Å². The third-order valence-electron chi connectivity index (χ3n) is 4.81. The van der Waals surface area contributed by atoms with Crippen molar-refractivity contribution in [2.45, 2.75) is 19.3 Å². The van der Waals surface area contributed by atoms with E-state index in [0.29, 0.717) is 31.7 Å². The van der Waals surface area contributed by atoms with Crippen LogP contribution in [-0.4, -0.2) is 60.9 Å². The van der Waals surface area contributed by atoms with Crippen LogP contribution in [0.4, 0.5) is 4.39 Å². The van der Waals surface area contributed by atoms with Gasteiger partial charge in [-0.25, -0.2) is 4.39 Å². The van der Waals surface area contributed by atoms with Crippen molar-refractivity contribution in [2.75, 3.05) is 39.3 Å². The molecule has 2 amide bonds. The summed E-state index contributed by atoms with van der Waals surface area (Å²) in [5.74, 6) is -0.313. The van der Waals surface area contributed by atoms with Crippen molar-refractivity contribution >= 4 is 24.2 Å². The maximum Gasteiger partial charge on any atom is 0.254 e. The Labute approximate surface area is 154 Å². The van der Waals surface area contributed by atoms with Crippen LogP contribution < -0.4 is 5.32 Å². The number of hydrogen-bond acceptors (Lipinski definition) is 3. The van der Waals surface area contributed by atoms with E-state index in [1.165, 1.54) is 12.1 Å². The predicted molar refractivity (Wildman–Crippen MR) is 96.3 cm³/mol. The Kier molecular flexibility index (Phi) is 7.20. The number of nitrogens with zero attached hydrogens (tertiary/aromatic N) is 2.